The first-order chi connectivity index (χ1) is 15.8. The van der Waals surface area contributed by atoms with Crippen LogP contribution in [0, 0.1) is 0 Å². The number of pyridine rings is 1. The fraction of sp³-hybridized carbons (Fsp3) is 0.120. The Morgan fingerprint density at radius 1 is 0.879 bits per heavy atom. The molecule has 0 saturated heterocycles. The number of fused-ring (bicyclic) bond motifs is 3. The molecule has 33 heavy (non-hydrogen) atoms. The molecule has 8 heteroatoms. The van der Waals surface area contributed by atoms with E-state index in [4.69, 9.17) is 5.73 Å². The fourth-order valence-corrected chi connectivity index (χ4v) is 4.05. The minimum Gasteiger partial charge on any atom is -0.508 e. The SMILES string of the molecule is NCCc1ccc(-n2cnc3cnc4ccc(-c5ccc(O)cc5)cc4c32)c(C(F)(F)F)c1. The highest BCUT2D eigenvalue weighted by Gasteiger charge is 2.34. The van der Waals surface area contributed by atoms with E-state index in [0.29, 0.717) is 33.9 Å². The summed E-state index contributed by atoms with van der Waals surface area (Å²) in [6, 6.07) is 16.6. The number of nitrogens with zero attached hydrogens (tertiary/aromatic N) is 3. The summed E-state index contributed by atoms with van der Waals surface area (Å²) < 4.78 is 43.5. The van der Waals surface area contributed by atoms with Crippen LogP contribution in [-0.4, -0.2) is 26.2 Å². The number of aromatic hydroxyl groups is 1. The van der Waals surface area contributed by atoms with Crippen LogP contribution in [0.4, 0.5) is 13.2 Å². The van der Waals surface area contributed by atoms with Crippen LogP contribution in [0.5, 0.6) is 5.75 Å². The zero-order chi connectivity index (χ0) is 23.2. The number of hydrogen-bond donors (Lipinski definition) is 2. The lowest BCUT2D eigenvalue weighted by molar-refractivity contribution is -0.137. The lowest BCUT2D eigenvalue weighted by Gasteiger charge is -2.16. The number of rotatable bonds is 4. The van der Waals surface area contributed by atoms with Crippen molar-refractivity contribution in [2.45, 2.75) is 12.6 Å². The van der Waals surface area contributed by atoms with E-state index in [-0.39, 0.29) is 18.0 Å². The van der Waals surface area contributed by atoms with Crippen molar-refractivity contribution in [1.82, 2.24) is 14.5 Å². The van der Waals surface area contributed by atoms with Crippen molar-refractivity contribution in [1.29, 1.82) is 0 Å². The number of phenolic OH excluding ortho intramolecular Hbond substituents is 1. The van der Waals surface area contributed by atoms with Crippen molar-refractivity contribution < 1.29 is 18.3 Å². The minimum atomic E-state index is -4.55. The van der Waals surface area contributed by atoms with Gasteiger partial charge in [-0.1, -0.05) is 24.3 Å². The third kappa shape index (κ3) is 3.78. The average molecular weight is 448 g/mol. The summed E-state index contributed by atoms with van der Waals surface area (Å²) in [5.74, 6) is 0.152. The van der Waals surface area contributed by atoms with Crippen molar-refractivity contribution in [2.75, 3.05) is 6.54 Å². The molecule has 0 bridgehead atoms. The number of aromatic nitrogens is 3. The van der Waals surface area contributed by atoms with Gasteiger partial charge in [0.15, 0.2) is 0 Å². The molecule has 0 amide bonds. The molecular formula is C25H19F3N4O. The molecule has 3 aromatic carbocycles. The van der Waals surface area contributed by atoms with Crippen LogP contribution >= 0.6 is 0 Å². The lowest BCUT2D eigenvalue weighted by Crippen LogP contribution is -2.12. The van der Waals surface area contributed by atoms with E-state index < -0.39 is 11.7 Å². The van der Waals surface area contributed by atoms with E-state index >= 15 is 0 Å². The molecule has 0 unspecified atom stereocenters. The second kappa shape index (κ2) is 7.90. The van der Waals surface area contributed by atoms with E-state index in [1.165, 1.54) is 17.0 Å². The van der Waals surface area contributed by atoms with Crippen molar-refractivity contribution >= 4 is 21.9 Å². The number of nitrogens with two attached hydrogens (primary N) is 1. The Hall–Kier alpha value is -3.91. The van der Waals surface area contributed by atoms with Crippen LogP contribution in [0.3, 0.4) is 0 Å². The molecule has 166 valence electrons. The molecule has 3 N–H and O–H groups in total. The molecule has 0 aliphatic carbocycles. The van der Waals surface area contributed by atoms with Crippen LogP contribution in [0.1, 0.15) is 11.1 Å². The number of alkyl halides is 3. The van der Waals surface area contributed by atoms with Gasteiger partial charge in [-0.2, -0.15) is 13.2 Å². The van der Waals surface area contributed by atoms with Gasteiger partial charge in [0.25, 0.3) is 0 Å². The molecule has 0 spiro atoms. The van der Waals surface area contributed by atoms with Crippen LogP contribution in [-0.2, 0) is 12.6 Å². The predicted octanol–water partition coefficient (Wildman–Crippen LogP) is 5.47. The fourth-order valence-electron chi connectivity index (χ4n) is 4.05. The standard InChI is InChI=1S/C25H19F3N4O/c26-25(27,28)20-11-15(9-10-29)1-8-23(20)32-14-31-22-13-30-21-7-4-17(12-19(21)24(22)32)16-2-5-18(33)6-3-16/h1-8,11-14,33H,9-10,29H2. The van der Waals surface area contributed by atoms with Crippen molar-refractivity contribution in [2.24, 2.45) is 5.73 Å². The van der Waals surface area contributed by atoms with Crippen LogP contribution in [0.2, 0.25) is 0 Å². The molecule has 0 atom stereocenters. The maximum absolute atomic E-state index is 14.0. The highest BCUT2D eigenvalue weighted by Crippen LogP contribution is 2.37. The monoisotopic (exact) mass is 448 g/mol. The first-order valence-corrected chi connectivity index (χ1v) is 10.3. The Labute approximate surface area is 186 Å². The normalized spacial score (nSPS) is 12.0. The Morgan fingerprint density at radius 3 is 2.36 bits per heavy atom. The molecule has 0 aliphatic heterocycles. The predicted molar refractivity (Wildman–Crippen MR) is 121 cm³/mol. The number of halogens is 3. The first kappa shape index (κ1) is 21.0. The molecule has 0 fully saturated rings. The van der Waals surface area contributed by atoms with Gasteiger partial charge < -0.3 is 10.8 Å². The van der Waals surface area contributed by atoms with Gasteiger partial charge in [-0.05, 0) is 66.1 Å². The second-order valence-corrected chi connectivity index (χ2v) is 7.77. The Balaban J connectivity index is 1.76. The molecule has 5 aromatic rings. The maximum Gasteiger partial charge on any atom is 0.418 e. The number of hydrogen-bond acceptors (Lipinski definition) is 4. The van der Waals surface area contributed by atoms with E-state index in [1.807, 2.05) is 18.2 Å². The third-order valence-electron chi connectivity index (χ3n) is 5.63. The Kier molecular flexibility index (Phi) is 5.02. The van der Waals surface area contributed by atoms with Crippen molar-refractivity contribution in [3.8, 4) is 22.6 Å². The summed E-state index contributed by atoms with van der Waals surface area (Å²) in [5, 5.41) is 10.3. The van der Waals surface area contributed by atoms with Crippen LogP contribution in [0.15, 0.2) is 73.2 Å². The van der Waals surface area contributed by atoms with Crippen LogP contribution in [0.25, 0.3) is 38.8 Å². The third-order valence-corrected chi connectivity index (χ3v) is 5.63. The molecule has 2 aromatic heterocycles. The Bertz CT molecular complexity index is 1470. The summed E-state index contributed by atoms with van der Waals surface area (Å²) in [4.78, 5) is 8.74. The van der Waals surface area contributed by atoms with E-state index in [2.05, 4.69) is 9.97 Å². The first-order valence-electron chi connectivity index (χ1n) is 10.3. The number of phenols is 1. The molecule has 0 aliphatic rings. The van der Waals surface area contributed by atoms with Crippen molar-refractivity contribution in [3.63, 3.8) is 0 Å². The summed E-state index contributed by atoms with van der Waals surface area (Å²) in [5.41, 5.74) is 8.70. The van der Waals surface area contributed by atoms with Gasteiger partial charge in [-0.15, -0.1) is 0 Å². The summed E-state index contributed by atoms with van der Waals surface area (Å²) in [6.45, 7) is 0.265. The summed E-state index contributed by atoms with van der Waals surface area (Å²) >= 11 is 0. The summed E-state index contributed by atoms with van der Waals surface area (Å²) in [6.07, 6.45) is -1.23. The number of imidazole rings is 1. The average Bonchev–Trinajstić information content (AvgIpc) is 3.23. The van der Waals surface area contributed by atoms with Gasteiger partial charge in [0.1, 0.15) is 17.6 Å². The lowest BCUT2D eigenvalue weighted by atomic mass is 10.0. The number of benzene rings is 3. The summed E-state index contributed by atoms with van der Waals surface area (Å²) in [7, 11) is 0. The van der Waals surface area contributed by atoms with Gasteiger partial charge in [0.2, 0.25) is 0 Å². The second-order valence-electron chi connectivity index (χ2n) is 7.77. The van der Waals surface area contributed by atoms with Gasteiger partial charge >= 0.3 is 6.18 Å². The molecule has 5 rings (SSSR count). The molecule has 0 radical (unpaired) electrons. The van der Waals surface area contributed by atoms with E-state index in [0.717, 1.165) is 17.2 Å². The molecule has 2 heterocycles. The molecular weight excluding hydrogens is 429 g/mol. The highest BCUT2D eigenvalue weighted by atomic mass is 19.4. The Morgan fingerprint density at radius 2 is 1.64 bits per heavy atom. The zero-order valence-corrected chi connectivity index (χ0v) is 17.3. The van der Waals surface area contributed by atoms with Crippen molar-refractivity contribution in [3.05, 3.63) is 84.3 Å². The quantitative estimate of drug-likeness (QED) is 0.382. The van der Waals surface area contributed by atoms with Crippen LogP contribution < -0.4 is 5.73 Å². The van der Waals surface area contributed by atoms with E-state index in [9.17, 15) is 18.3 Å². The minimum absolute atomic E-state index is 0.00620. The molecule has 0 saturated carbocycles. The van der Waals surface area contributed by atoms with Gasteiger partial charge in [-0.25, -0.2) is 4.98 Å². The zero-order valence-electron chi connectivity index (χ0n) is 17.3. The van der Waals surface area contributed by atoms with E-state index in [1.54, 1.807) is 36.5 Å². The molecule has 5 nitrogen and oxygen atoms in total. The van der Waals surface area contributed by atoms with Gasteiger partial charge in [0, 0.05) is 5.39 Å². The smallest absolute Gasteiger partial charge is 0.418 e. The largest absolute Gasteiger partial charge is 0.508 e. The highest BCUT2D eigenvalue weighted by molar-refractivity contribution is 6.04. The topological polar surface area (TPSA) is 77.0 Å². The van der Waals surface area contributed by atoms with Gasteiger partial charge in [-0.3, -0.25) is 9.55 Å². The van der Waals surface area contributed by atoms with Gasteiger partial charge in [0.05, 0.1) is 28.5 Å². The maximum atomic E-state index is 14.0.